The molecule has 0 aromatic heterocycles. The number of hydrogen-bond donors (Lipinski definition) is 1. The molecule has 0 saturated heterocycles. The van der Waals surface area contributed by atoms with E-state index in [4.69, 9.17) is 5.73 Å². The topological polar surface area (TPSA) is 69.2 Å². The molecular weight excluding hydrogens is 199 g/mol. The number of nitrogens with two attached hydrogens (primary N) is 1. The molecule has 0 unspecified atom stereocenters. The summed E-state index contributed by atoms with van der Waals surface area (Å²) in [5, 5.41) is 10.4. The van der Waals surface area contributed by atoms with Crippen LogP contribution in [0.5, 0.6) is 0 Å². The molecule has 0 aliphatic carbocycles. The lowest BCUT2D eigenvalue weighted by Crippen LogP contribution is -1.99. The van der Waals surface area contributed by atoms with Gasteiger partial charge in [0.05, 0.1) is 4.92 Å². The van der Waals surface area contributed by atoms with E-state index in [0.717, 1.165) is 24.5 Å². The van der Waals surface area contributed by atoms with Crippen molar-refractivity contribution in [3.05, 3.63) is 39.7 Å². The predicted octanol–water partition coefficient (Wildman–Crippen LogP) is 2.02. The Kier molecular flexibility index (Phi) is 4.17. The lowest BCUT2D eigenvalue weighted by atomic mass is 10.1. The van der Waals surface area contributed by atoms with Crippen molar-refractivity contribution in [3.8, 4) is 0 Å². The largest absolute Gasteiger partial charge is 0.330 e. The molecule has 1 aromatic carbocycles. The van der Waals surface area contributed by atoms with E-state index in [0.29, 0.717) is 13.0 Å². The highest BCUT2D eigenvalue weighted by molar-refractivity contribution is 5.36. The average Bonchev–Trinajstić information content (AvgIpc) is 2.20. The van der Waals surface area contributed by atoms with Crippen molar-refractivity contribution in [2.45, 2.75) is 19.3 Å². The number of rotatable bonds is 5. The van der Waals surface area contributed by atoms with Crippen LogP contribution in [0, 0.1) is 15.9 Å². The van der Waals surface area contributed by atoms with Crippen molar-refractivity contribution in [2.75, 3.05) is 6.54 Å². The van der Waals surface area contributed by atoms with E-state index in [-0.39, 0.29) is 0 Å². The molecule has 1 rings (SSSR count). The maximum Gasteiger partial charge on any atom is 0.305 e. The molecule has 15 heavy (non-hydrogen) atoms. The highest BCUT2D eigenvalue weighted by Gasteiger charge is 2.13. The molecule has 4 nitrogen and oxygen atoms in total. The highest BCUT2D eigenvalue weighted by Crippen LogP contribution is 2.19. The van der Waals surface area contributed by atoms with Crippen molar-refractivity contribution >= 4 is 5.69 Å². The van der Waals surface area contributed by atoms with Crippen molar-refractivity contribution in [1.82, 2.24) is 0 Å². The molecule has 0 spiro atoms. The van der Waals surface area contributed by atoms with Crippen LogP contribution in [-0.2, 0) is 6.42 Å². The third kappa shape index (κ3) is 3.28. The van der Waals surface area contributed by atoms with Crippen molar-refractivity contribution in [3.63, 3.8) is 0 Å². The molecular formula is C10H13FN2O2. The highest BCUT2D eigenvalue weighted by atomic mass is 19.1. The van der Waals surface area contributed by atoms with Gasteiger partial charge in [0, 0.05) is 6.07 Å². The van der Waals surface area contributed by atoms with Crippen molar-refractivity contribution in [2.24, 2.45) is 5.73 Å². The number of nitro groups is 1. The first-order valence-corrected chi connectivity index (χ1v) is 4.78. The van der Waals surface area contributed by atoms with Gasteiger partial charge < -0.3 is 5.73 Å². The van der Waals surface area contributed by atoms with Gasteiger partial charge in [-0.3, -0.25) is 10.1 Å². The zero-order valence-electron chi connectivity index (χ0n) is 8.28. The Morgan fingerprint density at radius 2 is 2.13 bits per heavy atom. The van der Waals surface area contributed by atoms with Crippen LogP contribution < -0.4 is 5.73 Å². The molecule has 2 N–H and O–H groups in total. The van der Waals surface area contributed by atoms with Crippen LogP contribution in [0.3, 0.4) is 0 Å². The first-order valence-electron chi connectivity index (χ1n) is 4.78. The SMILES string of the molecule is NCCCCc1ccc(F)c([N+](=O)[O-])c1. The van der Waals surface area contributed by atoms with Gasteiger partial charge in [0.15, 0.2) is 0 Å². The Hall–Kier alpha value is -1.49. The standard InChI is InChI=1S/C10H13FN2O2/c11-9-5-4-8(3-1-2-6-12)7-10(9)13(14)15/h4-5,7H,1-3,6,12H2. The fourth-order valence-corrected chi connectivity index (χ4v) is 1.33. The Bertz CT molecular complexity index is 355. The normalized spacial score (nSPS) is 10.3. The van der Waals surface area contributed by atoms with Gasteiger partial charge in [-0.15, -0.1) is 0 Å². The van der Waals surface area contributed by atoms with Gasteiger partial charge in [-0.1, -0.05) is 6.07 Å². The van der Waals surface area contributed by atoms with Gasteiger partial charge in [0.25, 0.3) is 0 Å². The van der Waals surface area contributed by atoms with Gasteiger partial charge in [-0.25, -0.2) is 0 Å². The quantitative estimate of drug-likeness (QED) is 0.461. The van der Waals surface area contributed by atoms with E-state index in [9.17, 15) is 14.5 Å². The second-order valence-electron chi connectivity index (χ2n) is 3.29. The number of nitro benzene ring substituents is 1. The molecule has 1 aromatic rings. The summed E-state index contributed by atoms with van der Waals surface area (Å²) in [6, 6.07) is 3.99. The number of unbranched alkanes of at least 4 members (excludes halogenated alkanes) is 1. The summed E-state index contributed by atoms with van der Waals surface area (Å²) in [6.07, 6.45) is 2.42. The zero-order chi connectivity index (χ0) is 11.3. The van der Waals surface area contributed by atoms with E-state index in [1.54, 1.807) is 6.07 Å². The van der Waals surface area contributed by atoms with Crippen LogP contribution in [0.25, 0.3) is 0 Å². The Morgan fingerprint density at radius 1 is 1.40 bits per heavy atom. The Labute approximate surface area is 87.0 Å². The van der Waals surface area contributed by atoms with E-state index in [1.165, 1.54) is 6.07 Å². The number of aryl methyl sites for hydroxylation is 1. The molecule has 0 fully saturated rings. The average molecular weight is 212 g/mol. The maximum absolute atomic E-state index is 12.9. The predicted molar refractivity (Wildman–Crippen MR) is 55.0 cm³/mol. The Morgan fingerprint density at radius 3 is 2.73 bits per heavy atom. The molecule has 0 aliphatic heterocycles. The van der Waals surface area contributed by atoms with Gasteiger partial charge in [-0.05, 0) is 37.4 Å². The Balaban J connectivity index is 2.74. The molecule has 0 aliphatic rings. The van der Waals surface area contributed by atoms with Gasteiger partial charge in [0.1, 0.15) is 0 Å². The zero-order valence-corrected chi connectivity index (χ0v) is 8.28. The lowest BCUT2D eigenvalue weighted by molar-refractivity contribution is -0.387. The summed E-state index contributed by atoms with van der Waals surface area (Å²) in [4.78, 5) is 9.74. The molecule has 0 heterocycles. The molecule has 0 saturated carbocycles. The van der Waals surface area contributed by atoms with Crippen LogP contribution in [0.2, 0.25) is 0 Å². The summed E-state index contributed by atoms with van der Waals surface area (Å²) in [6.45, 7) is 0.600. The van der Waals surface area contributed by atoms with Crippen molar-refractivity contribution in [1.29, 1.82) is 0 Å². The maximum atomic E-state index is 12.9. The monoisotopic (exact) mass is 212 g/mol. The van der Waals surface area contributed by atoms with Crippen LogP contribution >= 0.6 is 0 Å². The second kappa shape index (κ2) is 5.41. The minimum atomic E-state index is -0.789. The number of hydrogen-bond acceptors (Lipinski definition) is 3. The lowest BCUT2D eigenvalue weighted by Gasteiger charge is -2.01. The summed E-state index contributed by atoms with van der Waals surface area (Å²) >= 11 is 0. The number of halogens is 1. The minimum Gasteiger partial charge on any atom is -0.330 e. The number of nitrogens with zero attached hydrogens (tertiary/aromatic N) is 1. The van der Waals surface area contributed by atoms with E-state index in [1.807, 2.05) is 0 Å². The van der Waals surface area contributed by atoms with Crippen molar-refractivity contribution < 1.29 is 9.31 Å². The van der Waals surface area contributed by atoms with Crippen LogP contribution in [0.4, 0.5) is 10.1 Å². The van der Waals surface area contributed by atoms with Crippen LogP contribution in [0.15, 0.2) is 18.2 Å². The van der Waals surface area contributed by atoms with Gasteiger partial charge in [0.2, 0.25) is 5.82 Å². The molecule has 0 bridgehead atoms. The molecule has 0 amide bonds. The fraction of sp³-hybridized carbons (Fsp3) is 0.400. The molecule has 0 atom stereocenters. The van der Waals surface area contributed by atoms with E-state index < -0.39 is 16.4 Å². The second-order valence-corrected chi connectivity index (χ2v) is 3.29. The van der Waals surface area contributed by atoms with E-state index >= 15 is 0 Å². The summed E-state index contributed by atoms with van der Waals surface area (Å²) in [5.41, 5.74) is 5.64. The smallest absolute Gasteiger partial charge is 0.305 e. The molecule has 5 heteroatoms. The van der Waals surface area contributed by atoms with Gasteiger partial charge in [-0.2, -0.15) is 4.39 Å². The van der Waals surface area contributed by atoms with Crippen LogP contribution in [-0.4, -0.2) is 11.5 Å². The first-order chi connectivity index (χ1) is 7.15. The molecule has 82 valence electrons. The minimum absolute atomic E-state index is 0.458. The van der Waals surface area contributed by atoms with Gasteiger partial charge >= 0.3 is 5.69 Å². The summed E-state index contributed by atoms with van der Waals surface area (Å²) in [5.74, 6) is -0.789. The molecule has 0 radical (unpaired) electrons. The first kappa shape index (κ1) is 11.6. The summed E-state index contributed by atoms with van der Waals surface area (Å²) in [7, 11) is 0. The third-order valence-corrected chi connectivity index (χ3v) is 2.13. The summed E-state index contributed by atoms with van der Waals surface area (Å²) < 4.78 is 12.9. The third-order valence-electron chi connectivity index (χ3n) is 2.13. The number of benzene rings is 1. The van der Waals surface area contributed by atoms with E-state index in [2.05, 4.69) is 0 Å². The van der Waals surface area contributed by atoms with Crippen LogP contribution in [0.1, 0.15) is 18.4 Å². The fourth-order valence-electron chi connectivity index (χ4n) is 1.33.